The van der Waals surface area contributed by atoms with Gasteiger partial charge < -0.3 is 9.84 Å². The Morgan fingerprint density at radius 3 is 2.52 bits per heavy atom. The van der Waals surface area contributed by atoms with E-state index in [0.29, 0.717) is 6.42 Å². The molecule has 0 heterocycles. The number of carbonyl (C=O) groups is 2. The van der Waals surface area contributed by atoms with Crippen LogP contribution in [0.25, 0.3) is 0 Å². The summed E-state index contributed by atoms with van der Waals surface area (Å²) in [5.41, 5.74) is 0.0221. The van der Waals surface area contributed by atoms with Gasteiger partial charge in [-0.05, 0) is 24.6 Å². The Labute approximate surface area is 139 Å². The summed E-state index contributed by atoms with van der Waals surface area (Å²) in [4.78, 5) is 22.4. The van der Waals surface area contributed by atoms with Gasteiger partial charge in [0.25, 0.3) is 0 Å². The van der Waals surface area contributed by atoms with E-state index < -0.39 is 28.0 Å². The molecular formula is C14H18ClNO6S. The predicted octanol–water partition coefficient (Wildman–Crippen LogP) is 2.05. The van der Waals surface area contributed by atoms with E-state index in [-0.39, 0.29) is 21.9 Å². The zero-order chi connectivity index (χ0) is 17.6. The maximum atomic E-state index is 12.3. The number of carbonyl (C=O) groups excluding carboxylic acids is 1. The Balaban J connectivity index is 3.06. The number of ether oxygens (including phenoxy) is 1. The fourth-order valence-corrected chi connectivity index (χ4v) is 3.41. The number of carboxylic acid groups (broad SMARTS) is 1. The molecule has 0 aliphatic rings. The van der Waals surface area contributed by atoms with E-state index in [1.54, 1.807) is 0 Å². The van der Waals surface area contributed by atoms with Crippen LogP contribution in [0.5, 0.6) is 0 Å². The van der Waals surface area contributed by atoms with Crippen LogP contribution in [0.4, 0.5) is 0 Å². The molecule has 23 heavy (non-hydrogen) atoms. The molecule has 1 unspecified atom stereocenters. The Morgan fingerprint density at radius 2 is 2.04 bits per heavy atom. The highest BCUT2D eigenvalue weighted by Gasteiger charge is 2.26. The summed E-state index contributed by atoms with van der Waals surface area (Å²) in [5, 5.41) is 9.00. The third-order valence-corrected chi connectivity index (χ3v) is 4.88. The Morgan fingerprint density at radius 1 is 1.39 bits per heavy atom. The van der Waals surface area contributed by atoms with Crippen LogP contribution in [0.2, 0.25) is 5.02 Å². The van der Waals surface area contributed by atoms with Gasteiger partial charge in [0.05, 0.1) is 22.6 Å². The van der Waals surface area contributed by atoms with Crippen molar-refractivity contribution in [1.29, 1.82) is 0 Å². The molecule has 0 saturated heterocycles. The van der Waals surface area contributed by atoms with Crippen LogP contribution < -0.4 is 4.72 Å². The minimum absolute atomic E-state index is 0.0221. The monoisotopic (exact) mass is 363 g/mol. The second-order valence-corrected chi connectivity index (χ2v) is 6.91. The number of sulfonamides is 1. The van der Waals surface area contributed by atoms with Crippen molar-refractivity contribution in [2.24, 2.45) is 0 Å². The quantitative estimate of drug-likeness (QED) is 0.684. The lowest BCUT2D eigenvalue weighted by Gasteiger charge is -2.15. The van der Waals surface area contributed by atoms with Crippen molar-refractivity contribution in [3.8, 4) is 0 Å². The number of unbranched alkanes of at least 4 members (excludes halogenated alkanes) is 1. The summed E-state index contributed by atoms with van der Waals surface area (Å²) in [6, 6.07) is 2.23. The average Bonchev–Trinajstić information content (AvgIpc) is 2.50. The number of nitrogens with one attached hydrogen (secondary N) is 1. The van der Waals surface area contributed by atoms with E-state index in [1.807, 2.05) is 6.92 Å². The predicted molar refractivity (Wildman–Crippen MR) is 84.1 cm³/mol. The number of benzene rings is 1. The lowest BCUT2D eigenvalue weighted by molar-refractivity contribution is -0.139. The molecule has 2 N–H and O–H groups in total. The average molecular weight is 364 g/mol. The van der Waals surface area contributed by atoms with Gasteiger partial charge in [-0.1, -0.05) is 31.4 Å². The van der Waals surface area contributed by atoms with Gasteiger partial charge in [0.2, 0.25) is 10.0 Å². The van der Waals surface area contributed by atoms with Crippen LogP contribution in [-0.2, 0) is 19.6 Å². The highest BCUT2D eigenvalue weighted by atomic mass is 35.5. The molecule has 128 valence electrons. The lowest BCUT2D eigenvalue weighted by Crippen LogP contribution is -2.40. The first kappa shape index (κ1) is 19.4. The standard InChI is InChI=1S/C14H18ClNO6S/c1-3-4-5-12(13(17)18)16-23(20,21)9-6-7-10(11(15)8-9)14(19)22-2/h6-8,12,16H,3-5H2,1-2H3,(H,17,18). The van der Waals surface area contributed by atoms with Gasteiger partial charge in [-0.2, -0.15) is 4.72 Å². The summed E-state index contributed by atoms with van der Waals surface area (Å²) in [6.07, 6.45) is 1.49. The van der Waals surface area contributed by atoms with Crippen molar-refractivity contribution < 1.29 is 27.9 Å². The molecule has 0 fully saturated rings. The summed E-state index contributed by atoms with van der Waals surface area (Å²) in [5.74, 6) is -1.95. The van der Waals surface area contributed by atoms with Gasteiger partial charge in [-0.25, -0.2) is 13.2 Å². The first-order chi connectivity index (χ1) is 10.7. The molecule has 7 nitrogen and oxygen atoms in total. The Hall–Kier alpha value is -1.64. The molecule has 0 bridgehead atoms. The highest BCUT2D eigenvalue weighted by molar-refractivity contribution is 7.89. The van der Waals surface area contributed by atoms with E-state index in [0.717, 1.165) is 12.5 Å². The van der Waals surface area contributed by atoms with Crippen LogP contribution in [-0.4, -0.2) is 38.6 Å². The van der Waals surface area contributed by atoms with Crippen molar-refractivity contribution in [3.05, 3.63) is 28.8 Å². The van der Waals surface area contributed by atoms with Gasteiger partial charge in [0, 0.05) is 0 Å². The van der Waals surface area contributed by atoms with Crippen molar-refractivity contribution in [1.82, 2.24) is 4.72 Å². The minimum Gasteiger partial charge on any atom is -0.480 e. The van der Waals surface area contributed by atoms with Gasteiger partial charge >= 0.3 is 11.9 Å². The zero-order valence-electron chi connectivity index (χ0n) is 12.7. The fraction of sp³-hybridized carbons (Fsp3) is 0.429. The second-order valence-electron chi connectivity index (χ2n) is 4.79. The molecule has 0 aliphatic heterocycles. The maximum Gasteiger partial charge on any atom is 0.339 e. The van der Waals surface area contributed by atoms with E-state index >= 15 is 0 Å². The first-order valence-electron chi connectivity index (χ1n) is 6.86. The van der Waals surface area contributed by atoms with Crippen molar-refractivity contribution in [3.63, 3.8) is 0 Å². The van der Waals surface area contributed by atoms with Crippen LogP contribution in [0.1, 0.15) is 36.5 Å². The molecule has 1 aromatic rings. The normalized spacial score (nSPS) is 12.7. The third kappa shape index (κ3) is 5.19. The van der Waals surface area contributed by atoms with Crippen molar-refractivity contribution >= 4 is 33.6 Å². The number of aliphatic carboxylic acids is 1. The summed E-state index contributed by atoms with van der Waals surface area (Å²) in [6.45, 7) is 1.87. The smallest absolute Gasteiger partial charge is 0.339 e. The fourth-order valence-electron chi connectivity index (χ4n) is 1.83. The SMILES string of the molecule is CCCCC(NS(=O)(=O)c1ccc(C(=O)OC)c(Cl)c1)C(=O)O. The number of carboxylic acids is 1. The van der Waals surface area contributed by atoms with E-state index in [4.69, 9.17) is 16.7 Å². The van der Waals surface area contributed by atoms with Crippen LogP contribution in [0, 0.1) is 0 Å². The van der Waals surface area contributed by atoms with Crippen LogP contribution in [0.15, 0.2) is 23.1 Å². The van der Waals surface area contributed by atoms with Gasteiger partial charge in [0.1, 0.15) is 6.04 Å². The molecule has 0 saturated carbocycles. The number of methoxy groups -OCH3 is 1. The lowest BCUT2D eigenvalue weighted by atomic mass is 10.1. The third-order valence-electron chi connectivity index (χ3n) is 3.10. The van der Waals surface area contributed by atoms with Gasteiger partial charge in [-0.15, -0.1) is 0 Å². The second kappa shape index (κ2) is 8.28. The summed E-state index contributed by atoms with van der Waals surface area (Å²) >= 11 is 5.88. The zero-order valence-corrected chi connectivity index (χ0v) is 14.3. The van der Waals surface area contributed by atoms with Gasteiger partial charge in [-0.3, -0.25) is 4.79 Å². The molecule has 1 rings (SSSR count). The summed E-state index contributed by atoms with van der Waals surface area (Å²) < 4.78 is 31.2. The molecule has 9 heteroatoms. The van der Waals surface area contributed by atoms with E-state index in [1.165, 1.54) is 19.2 Å². The molecule has 0 amide bonds. The molecule has 1 atom stereocenters. The molecule has 0 aliphatic carbocycles. The number of esters is 1. The van der Waals surface area contributed by atoms with Crippen LogP contribution >= 0.6 is 11.6 Å². The highest BCUT2D eigenvalue weighted by Crippen LogP contribution is 2.22. The van der Waals surface area contributed by atoms with Crippen molar-refractivity contribution in [2.75, 3.05) is 7.11 Å². The Bertz CT molecular complexity index is 689. The number of hydrogen-bond donors (Lipinski definition) is 2. The summed E-state index contributed by atoms with van der Waals surface area (Å²) in [7, 11) is -2.90. The maximum absolute atomic E-state index is 12.3. The minimum atomic E-state index is -4.07. The van der Waals surface area contributed by atoms with Crippen LogP contribution in [0.3, 0.4) is 0 Å². The number of halogens is 1. The number of hydrogen-bond acceptors (Lipinski definition) is 5. The van der Waals surface area contributed by atoms with E-state index in [9.17, 15) is 18.0 Å². The molecule has 1 aromatic carbocycles. The molecule has 0 aromatic heterocycles. The Kier molecular flexibility index (Phi) is 6.99. The number of rotatable bonds is 8. The molecule has 0 spiro atoms. The molecular weight excluding hydrogens is 346 g/mol. The molecule has 0 radical (unpaired) electrons. The largest absolute Gasteiger partial charge is 0.480 e. The van der Waals surface area contributed by atoms with E-state index in [2.05, 4.69) is 9.46 Å². The topological polar surface area (TPSA) is 110 Å². The van der Waals surface area contributed by atoms with Gasteiger partial charge in [0.15, 0.2) is 0 Å². The first-order valence-corrected chi connectivity index (χ1v) is 8.72. The van der Waals surface area contributed by atoms with Crippen molar-refractivity contribution in [2.45, 2.75) is 37.1 Å².